The monoisotopic (exact) mass is 295 g/mol. The summed E-state index contributed by atoms with van der Waals surface area (Å²) in [5.74, 6) is 1.05. The molecule has 0 aliphatic heterocycles. The van der Waals surface area contributed by atoms with Crippen LogP contribution in [0.15, 0.2) is 0 Å². The molecule has 0 saturated heterocycles. The van der Waals surface area contributed by atoms with Gasteiger partial charge in [0, 0.05) is 6.04 Å². The lowest BCUT2D eigenvalue weighted by molar-refractivity contribution is 0.310. The van der Waals surface area contributed by atoms with Gasteiger partial charge in [0.2, 0.25) is 0 Å². The van der Waals surface area contributed by atoms with E-state index in [1.807, 2.05) is 0 Å². The standard InChI is InChI=1S/C20H41N/c1-3-4-5-6-7-8-9-13-16-20(21-2)18-17-19-14-11-10-12-15-19/h19-21H,3-18H2,1-2H3. The van der Waals surface area contributed by atoms with Crippen molar-refractivity contribution >= 4 is 0 Å². The molecule has 1 aliphatic rings. The maximum atomic E-state index is 3.56. The molecule has 126 valence electrons. The summed E-state index contributed by atoms with van der Waals surface area (Å²) < 4.78 is 0. The normalized spacial score (nSPS) is 18.0. The van der Waals surface area contributed by atoms with Gasteiger partial charge >= 0.3 is 0 Å². The summed E-state index contributed by atoms with van der Waals surface area (Å²) >= 11 is 0. The summed E-state index contributed by atoms with van der Waals surface area (Å²) in [6.07, 6.45) is 23.3. The van der Waals surface area contributed by atoms with Crippen LogP contribution in [0.5, 0.6) is 0 Å². The lowest BCUT2D eigenvalue weighted by atomic mass is 9.85. The van der Waals surface area contributed by atoms with Crippen LogP contribution in [0, 0.1) is 5.92 Å². The smallest absolute Gasteiger partial charge is 0.00641 e. The summed E-state index contributed by atoms with van der Waals surface area (Å²) in [5.41, 5.74) is 0. The molecule has 0 heterocycles. The summed E-state index contributed by atoms with van der Waals surface area (Å²) in [6.45, 7) is 2.30. The van der Waals surface area contributed by atoms with E-state index in [2.05, 4.69) is 19.3 Å². The van der Waals surface area contributed by atoms with E-state index in [1.54, 1.807) is 0 Å². The highest BCUT2D eigenvalue weighted by atomic mass is 14.9. The molecule has 1 heteroatoms. The largest absolute Gasteiger partial charge is 0.317 e. The first kappa shape index (κ1) is 19.0. The molecule has 0 bridgehead atoms. The first-order valence-electron chi connectivity index (χ1n) is 10.0. The fraction of sp³-hybridized carbons (Fsp3) is 1.00. The highest BCUT2D eigenvalue weighted by Crippen LogP contribution is 2.28. The second kappa shape index (κ2) is 13.6. The van der Waals surface area contributed by atoms with Crippen LogP contribution in [0.4, 0.5) is 0 Å². The van der Waals surface area contributed by atoms with Crippen molar-refractivity contribution in [3.63, 3.8) is 0 Å². The Morgan fingerprint density at radius 2 is 1.43 bits per heavy atom. The number of nitrogens with one attached hydrogen (secondary N) is 1. The third kappa shape index (κ3) is 10.3. The van der Waals surface area contributed by atoms with Gasteiger partial charge in [-0.2, -0.15) is 0 Å². The minimum Gasteiger partial charge on any atom is -0.317 e. The molecule has 1 rings (SSSR count). The van der Waals surface area contributed by atoms with Crippen molar-refractivity contribution in [2.75, 3.05) is 7.05 Å². The van der Waals surface area contributed by atoms with Gasteiger partial charge in [0.15, 0.2) is 0 Å². The zero-order chi connectivity index (χ0) is 15.2. The van der Waals surface area contributed by atoms with Crippen molar-refractivity contribution < 1.29 is 0 Å². The second-order valence-electron chi connectivity index (χ2n) is 7.33. The third-order valence-electron chi connectivity index (χ3n) is 5.46. The van der Waals surface area contributed by atoms with Crippen LogP contribution in [0.2, 0.25) is 0 Å². The van der Waals surface area contributed by atoms with Crippen LogP contribution in [0.25, 0.3) is 0 Å². The lowest BCUT2D eigenvalue weighted by Gasteiger charge is -2.24. The summed E-state index contributed by atoms with van der Waals surface area (Å²) in [5, 5.41) is 3.56. The van der Waals surface area contributed by atoms with Crippen molar-refractivity contribution in [2.24, 2.45) is 5.92 Å². The summed E-state index contributed by atoms with van der Waals surface area (Å²) in [4.78, 5) is 0. The van der Waals surface area contributed by atoms with Gasteiger partial charge < -0.3 is 5.32 Å². The maximum Gasteiger partial charge on any atom is 0.00641 e. The molecule has 1 N–H and O–H groups in total. The number of hydrogen-bond acceptors (Lipinski definition) is 1. The molecule has 1 unspecified atom stereocenters. The molecule has 1 atom stereocenters. The molecule has 21 heavy (non-hydrogen) atoms. The van der Waals surface area contributed by atoms with E-state index in [0.717, 1.165) is 12.0 Å². The minimum atomic E-state index is 0.784. The summed E-state index contributed by atoms with van der Waals surface area (Å²) in [7, 11) is 2.16. The molecule has 0 radical (unpaired) electrons. The second-order valence-corrected chi connectivity index (χ2v) is 7.33. The van der Waals surface area contributed by atoms with Gasteiger partial charge in [-0.15, -0.1) is 0 Å². The first-order valence-corrected chi connectivity index (χ1v) is 10.0. The van der Waals surface area contributed by atoms with Crippen molar-refractivity contribution in [1.82, 2.24) is 5.32 Å². The predicted molar refractivity (Wildman–Crippen MR) is 95.9 cm³/mol. The molecule has 0 aromatic rings. The van der Waals surface area contributed by atoms with Gasteiger partial charge in [0.05, 0.1) is 0 Å². The molecule has 1 saturated carbocycles. The fourth-order valence-corrected chi connectivity index (χ4v) is 3.87. The van der Waals surface area contributed by atoms with Crippen LogP contribution in [0.3, 0.4) is 0 Å². The van der Waals surface area contributed by atoms with Gasteiger partial charge in [-0.25, -0.2) is 0 Å². The van der Waals surface area contributed by atoms with Crippen LogP contribution < -0.4 is 5.32 Å². The van der Waals surface area contributed by atoms with E-state index < -0.39 is 0 Å². The predicted octanol–water partition coefficient (Wildman–Crippen LogP) is 6.47. The molecule has 0 amide bonds. The highest BCUT2D eigenvalue weighted by Gasteiger charge is 2.15. The Balaban J connectivity index is 1.92. The maximum absolute atomic E-state index is 3.56. The number of unbranched alkanes of at least 4 members (excludes halogenated alkanes) is 7. The number of hydrogen-bond donors (Lipinski definition) is 1. The Morgan fingerprint density at radius 1 is 0.810 bits per heavy atom. The molecular weight excluding hydrogens is 254 g/mol. The lowest BCUT2D eigenvalue weighted by Crippen LogP contribution is -2.26. The van der Waals surface area contributed by atoms with Gasteiger partial charge in [0.25, 0.3) is 0 Å². The quantitative estimate of drug-likeness (QED) is 0.384. The van der Waals surface area contributed by atoms with Gasteiger partial charge in [-0.05, 0) is 32.2 Å². The molecule has 1 fully saturated rings. The fourth-order valence-electron chi connectivity index (χ4n) is 3.87. The Kier molecular flexibility index (Phi) is 12.3. The Bertz CT molecular complexity index is 208. The molecule has 1 aliphatic carbocycles. The van der Waals surface area contributed by atoms with E-state index >= 15 is 0 Å². The van der Waals surface area contributed by atoms with Crippen molar-refractivity contribution in [2.45, 2.75) is 116 Å². The van der Waals surface area contributed by atoms with Crippen LogP contribution >= 0.6 is 0 Å². The third-order valence-corrected chi connectivity index (χ3v) is 5.46. The minimum absolute atomic E-state index is 0.784. The van der Waals surface area contributed by atoms with Crippen LogP contribution in [-0.2, 0) is 0 Å². The van der Waals surface area contributed by atoms with E-state index in [0.29, 0.717) is 0 Å². The first-order chi connectivity index (χ1) is 10.4. The highest BCUT2D eigenvalue weighted by molar-refractivity contribution is 4.71. The zero-order valence-corrected chi connectivity index (χ0v) is 15.0. The van der Waals surface area contributed by atoms with Crippen molar-refractivity contribution in [3.8, 4) is 0 Å². The van der Waals surface area contributed by atoms with Crippen molar-refractivity contribution in [3.05, 3.63) is 0 Å². The molecule has 0 spiro atoms. The Morgan fingerprint density at radius 3 is 2.05 bits per heavy atom. The SMILES string of the molecule is CCCCCCCCCCC(CCC1CCCCC1)NC. The van der Waals surface area contributed by atoms with Gasteiger partial charge in [-0.1, -0.05) is 90.4 Å². The Labute approximate surface area is 134 Å². The summed E-state index contributed by atoms with van der Waals surface area (Å²) in [6, 6.07) is 0.784. The topological polar surface area (TPSA) is 12.0 Å². The van der Waals surface area contributed by atoms with E-state index in [9.17, 15) is 0 Å². The van der Waals surface area contributed by atoms with E-state index in [4.69, 9.17) is 0 Å². The zero-order valence-electron chi connectivity index (χ0n) is 15.0. The number of rotatable bonds is 13. The molecule has 1 nitrogen and oxygen atoms in total. The van der Waals surface area contributed by atoms with Crippen LogP contribution in [-0.4, -0.2) is 13.1 Å². The van der Waals surface area contributed by atoms with Crippen molar-refractivity contribution in [1.29, 1.82) is 0 Å². The Hall–Kier alpha value is -0.0400. The molecule has 0 aromatic heterocycles. The molecular formula is C20H41N. The molecule has 0 aromatic carbocycles. The van der Waals surface area contributed by atoms with Gasteiger partial charge in [-0.3, -0.25) is 0 Å². The average Bonchev–Trinajstić information content (AvgIpc) is 2.54. The van der Waals surface area contributed by atoms with Gasteiger partial charge in [0.1, 0.15) is 0 Å². The van der Waals surface area contributed by atoms with E-state index in [-0.39, 0.29) is 0 Å². The van der Waals surface area contributed by atoms with Crippen LogP contribution in [0.1, 0.15) is 110 Å². The average molecular weight is 296 g/mol. The van der Waals surface area contributed by atoms with E-state index in [1.165, 1.54) is 103 Å².